The first-order valence-corrected chi connectivity index (χ1v) is 6.57. The topological polar surface area (TPSA) is 24.1 Å². The van der Waals surface area contributed by atoms with Crippen molar-refractivity contribution >= 4 is 11.4 Å². The van der Waals surface area contributed by atoms with Gasteiger partial charge in [-0.3, -0.25) is 0 Å². The Morgan fingerprint density at radius 2 is 0.818 bits per heavy atom. The van der Waals surface area contributed by atoms with E-state index in [-0.39, 0.29) is 11.1 Å². The Kier molecular flexibility index (Phi) is 6.22. The zero-order valence-electron chi connectivity index (χ0n) is 12.8. The van der Waals surface area contributed by atoms with Gasteiger partial charge in [-0.25, -0.2) is 17.6 Å². The van der Waals surface area contributed by atoms with Crippen LogP contribution in [0.25, 0.3) is 0 Å². The Bertz CT molecular complexity index is 553. The maximum absolute atomic E-state index is 12.7. The molecule has 0 radical (unpaired) electrons. The molecular weight excluding hydrogens is 296 g/mol. The van der Waals surface area contributed by atoms with Crippen molar-refractivity contribution in [3.05, 3.63) is 58.7 Å². The van der Waals surface area contributed by atoms with Crippen molar-refractivity contribution in [2.45, 2.75) is 13.8 Å². The summed E-state index contributed by atoms with van der Waals surface area (Å²) in [6.45, 7) is 2.81. The standard InChI is InChI=1S/2C8H9F2N/c2*1-5-7(9)3-6(11-2)4-8(5)10/h2*3-4,11H,1-2H3. The zero-order chi connectivity index (χ0) is 16.9. The highest BCUT2D eigenvalue weighted by Crippen LogP contribution is 2.17. The van der Waals surface area contributed by atoms with Gasteiger partial charge in [0, 0.05) is 36.6 Å². The molecule has 0 aliphatic heterocycles. The highest BCUT2D eigenvalue weighted by atomic mass is 19.1. The minimum Gasteiger partial charge on any atom is -0.388 e. The quantitative estimate of drug-likeness (QED) is 0.790. The van der Waals surface area contributed by atoms with Gasteiger partial charge < -0.3 is 10.6 Å². The lowest BCUT2D eigenvalue weighted by atomic mass is 10.2. The van der Waals surface area contributed by atoms with Crippen molar-refractivity contribution in [3.8, 4) is 0 Å². The predicted octanol–water partition coefficient (Wildman–Crippen LogP) is 4.63. The van der Waals surface area contributed by atoms with Crippen LogP contribution in [0.1, 0.15) is 11.1 Å². The average Bonchev–Trinajstić information content (AvgIpc) is 2.49. The van der Waals surface area contributed by atoms with E-state index < -0.39 is 23.3 Å². The molecule has 2 aromatic carbocycles. The molecule has 0 atom stereocenters. The Morgan fingerprint density at radius 1 is 0.591 bits per heavy atom. The van der Waals surface area contributed by atoms with Crippen LogP contribution in [0.3, 0.4) is 0 Å². The van der Waals surface area contributed by atoms with Crippen molar-refractivity contribution in [2.24, 2.45) is 0 Å². The Balaban J connectivity index is 0.000000220. The van der Waals surface area contributed by atoms with Crippen LogP contribution >= 0.6 is 0 Å². The van der Waals surface area contributed by atoms with Gasteiger partial charge in [0.1, 0.15) is 23.3 Å². The van der Waals surface area contributed by atoms with Gasteiger partial charge in [-0.2, -0.15) is 0 Å². The second-order valence-corrected chi connectivity index (χ2v) is 4.63. The van der Waals surface area contributed by atoms with E-state index >= 15 is 0 Å². The summed E-state index contributed by atoms with van der Waals surface area (Å²) in [7, 11) is 3.23. The first kappa shape index (κ1) is 17.8. The number of benzene rings is 2. The first-order valence-electron chi connectivity index (χ1n) is 6.57. The molecule has 0 spiro atoms. The van der Waals surface area contributed by atoms with Crippen molar-refractivity contribution < 1.29 is 17.6 Å². The molecule has 0 aliphatic carbocycles. The predicted molar refractivity (Wildman–Crippen MR) is 81.3 cm³/mol. The maximum atomic E-state index is 12.7. The van der Waals surface area contributed by atoms with Crippen LogP contribution in [-0.4, -0.2) is 14.1 Å². The molecule has 120 valence electrons. The number of anilines is 2. The lowest BCUT2D eigenvalue weighted by molar-refractivity contribution is 0.568. The fourth-order valence-corrected chi connectivity index (χ4v) is 1.58. The molecule has 0 aromatic heterocycles. The number of hydrogen-bond donors (Lipinski definition) is 2. The lowest BCUT2D eigenvalue weighted by Crippen LogP contribution is -1.94. The van der Waals surface area contributed by atoms with E-state index in [1.54, 1.807) is 14.1 Å². The van der Waals surface area contributed by atoms with Crippen LogP contribution in [0.15, 0.2) is 24.3 Å². The molecule has 22 heavy (non-hydrogen) atoms. The summed E-state index contributed by atoms with van der Waals surface area (Å²) in [5.41, 5.74) is 1.02. The maximum Gasteiger partial charge on any atom is 0.131 e. The normalized spacial score (nSPS) is 9.82. The molecule has 2 aromatic rings. The van der Waals surface area contributed by atoms with Gasteiger partial charge >= 0.3 is 0 Å². The smallest absolute Gasteiger partial charge is 0.131 e. The van der Waals surface area contributed by atoms with Crippen LogP contribution in [0.2, 0.25) is 0 Å². The summed E-state index contributed by atoms with van der Waals surface area (Å²) in [5, 5.41) is 5.31. The van der Waals surface area contributed by atoms with E-state index in [1.807, 2.05) is 0 Å². The lowest BCUT2D eigenvalue weighted by Gasteiger charge is -2.02. The number of rotatable bonds is 2. The van der Waals surface area contributed by atoms with Crippen LogP contribution in [0.4, 0.5) is 28.9 Å². The Labute approximate surface area is 127 Å². The summed E-state index contributed by atoms with van der Waals surface area (Å²) in [5.74, 6) is -2.08. The largest absolute Gasteiger partial charge is 0.388 e. The minimum absolute atomic E-state index is 0.0593. The average molecular weight is 314 g/mol. The zero-order valence-corrected chi connectivity index (χ0v) is 12.8. The van der Waals surface area contributed by atoms with Gasteiger partial charge in [-0.15, -0.1) is 0 Å². The third-order valence-electron chi connectivity index (χ3n) is 3.14. The van der Waals surface area contributed by atoms with Crippen molar-refractivity contribution in [1.82, 2.24) is 0 Å². The summed E-state index contributed by atoms with van der Waals surface area (Å²) in [6.07, 6.45) is 0. The molecule has 0 amide bonds. The van der Waals surface area contributed by atoms with E-state index in [4.69, 9.17) is 0 Å². The molecule has 2 N–H and O–H groups in total. The summed E-state index contributed by atoms with van der Waals surface area (Å²) in [6, 6.07) is 5.05. The van der Waals surface area contributed by atoms with Gasteiger partial charge in [-0.05, 0) is 38.1 Å². The Morgan fingerprint density at radius 3 is 1.00 bits per heavy atom. The molecule has 0 bridgehead atoms. The van der Waals surface area contributed by atoms with Gasteiger partial charge in [-0.1, -0.05) is 0 Å². The van der Waals surface area contributed by atoms with Crippen molar-refractivity contribution in [1.29, 1.82) is 0 Å². The highest BCUT2D eigenvalue weighted by Gasteiger charge is 2.05. The molecule has 2 nitrogen and oxygen atoms in total. The van der Waals surface area contributed by atoms with Gasteiger partial charge in [0.25, 0.3) is 0 Å². The second kappa shape index (κ2) is 7.68. The highest BCUT2D eigenvalue weighted by molar-refractivity contribution is 5.45. The van der Waals surface area contributed by atoms with Gasteiger partial charge in [0.2, 0.25) is 0 Å². The molecule has 0 aliphatic rings. The molecule has 0 heterocycles. The van der Waals surface area contributed by atoms with Crippen LogP contribution in [0.5, 0.6) is 0 Å². The third kappa shape index (κ3) is 4.38. The summed E-state index contributed by atoms with van der Waals surface area (Å²) in [4.78, 5) is 0. The fourth-order valence-electron chi connectivity index (χ4n) is 1.58. The molecular formula is C16H18F4N2. The molecule has 0 unspecified atom stereocenters. The number of hydrogen-bond acceptors (Lipinski definition) is 2. The molecule has 0 saturated carbocycles. The van der Waals surface area contributed by atoms with E-state index in [0.29, 0.717) is 11.4 Å². The molecule has 2 rings (SSSR count). The molecule has 0 saturated heterocycles. The first-order chi connectivity index (χ1) is 10.3. The van der Waals surface area contributed by atoms with E-state index in [9.17, 15) is 17.6 Å². The van der Waals surface area contributed by atoms with Crippen molar-refractivity contribution in [3.63, 3.8) is 0 Å². The Hall–Kier alpha value is -2.24. The summed E-state index contributed by atoms with van der Waals surface area (Å²) >= 11 is 0. The monoisotopic (exact) mass is 314 g/mol. The van der Waals surface area contributed by atoms with E-state index in [2.05, 4.69) is 10.6 Å². The SMILES string of the molecule is CNc1cc(F)c(C)c(F)c1.CNc1cc(F)c(C)c(F)c1. The fraction of sp³-hybridized carbons (Fsp3) is 0.250. The third-order valence-corrected chi connectivity index (χ3v) is 3.14. The minimum atomic E-state index is -0.519. The van der Waals surface area contributed by atoms with Crippen LogP contribution < -0.4 is 10.6 Å². The van der Waals surface area contributed by atoms with Crippen LogP contribution in [0, 0.1) is 37.1 Å². The van der Waals surface area contributed by atoms with Crippen LogP contribution in [-0.2, 0) is 0 Å². The summed E-state index contributed by atoms with van der Waals surface area (Å²) < 4.78 is 51.0. The van der Waals surface area contributed by atoms with Gasteiger partial charge in [0.15, 0.2) is 0 Å². The second-order valence-electron chi connectivity index (χ2n) is 4.63. The van der Waals surface area contributed by atoms with E-state index in [1.165, 1.54) is 38.1 Å². The number of halogens is 4. The van der Waals surface area contributed by atoms with Crippen molar-refractivity contribution in [2.75, 3.05) is 24.7 Å². The molecule has 6 heteroatoms. The van der Waals surface area contributed by atoms with Gasteiger partial charge in [0.05, 0.1) is 0 Å². The number of nitrogens with one attached hydrogen (secondary N) is 2. The molecule has 0 fully saturated rings. The van der Waals surface area contributed by atoms with E-state index in [0.717, 1.165) is 0 Å².